The summed E-state index contributed by atoms with van der Waals surface area (Å²) in [6.45, 7) is 5.49. The first kappa shape index (κ1) is 12.1. The number of rotatable bonds is 2. The molecular weight excluding hydrogens is 212 g/mol. The minimum absolute atomic E-state index is 0.402. The monoisotopic (exact) mass is 228 g/mol. The molecule has 0 spiro atoms. The third-order valence-corrected chi connectivity index (χ3v) is 1.83. The highest BCUT2D eigenvalue weighted by Crippen LogP contribution is 2.09. The summed E-state index contributed by atoms with van der Waals surface area (Å²) in [5, 5.41) is 0. The van der Waals surface area contributed by atoms with Gasteiger partial charge in [0.2, 0.25) is 0 Å². The van der Waals surface area contributed by atoms with Crippen LogP contribution in [0.5, 0.6) is 0 Å². The Balaban J connectivity index is 2.66. The molecule has 0 aliphatic heterocycles. The highest BCUT2D eigenvalue weighted by atomic mass is 32.1. The van der Waals surface area contributed by atoms with Gasteiger partial charge in [-0.1, -0.05) is 0 Å². The molecule has 0 bridgehead atoms. The number of aryl methyl sites for hydroxylation is 1. The van der Waals surface area contributed by atoms with Crippen LogP contribution in [0, 0.1) is 0 Å². The van der Waals surface area contributed by atoms with Crippen molar-refractivity contribution in [1.82, 2.24) is 9.55 Å². The van der Waals surface area contributed by atoms with E-state index in [-0.39, 0.29) is 0 Å². The number of carbonyl (C=O) groups is 1. The predicted molar refractivity (Wildman–Crippen MR) is 61.4 cm³/mol. The van der Waals surface area contributed by atoms with E-state index in [2.05, 4.69) is 17.6 Å². The number of hydrogen-bond acceptors (Lipinski definition) is 4. The number of aromatic nitrogens is 2. The fourth-order valence-electron chi connectivity index (χ4n) is 1.02. The van der Waals surface area contributed by atoms with Crippen molar-refractivity contribution in [2.75, 3.05) is 5.75 Å². The average molecular weight is 228 g/mol. The first-order chi connectivity index (χ1) is 6.92. The second-order valence-electron chi connectivity index (χ2n) is 4.23. The van der Waals surface area contributed by atoms with Crippen LogP contribution < -0.4 is 0 Å². The lowest BCUT2D eigenvalue weighted by atomic mass is 10.2. The summed E-state index contributed by atoms with van der Waals surface area (Å²) in [6, 6.07) is 0. The van der Waals surface area contributed by atoms with Crippen molar-refractivity contribution in [2.24, 2.45) is 0 Å². The first-order valence-electron chi connectivity index (χ1n) is 4.79. The molecule has 1 rings (SSSR count). The summed E-state index contributed by atoms with van der Waals surface area (Å²) in [5.74, 6) is 0.714. The molecule has 1 heterocycles. The van der Waals surface area contributed by atoms with Crippen LogP contribution in [0.25, 0.3) is 0 Å². The lowest BCUT2D eigenvalue weighted by molar-refractivity contribution is 0.0536. The third kappa shape index (κ3) is 3.95. The van der Waals surface area contributed by atoms with E-state index in [1.165, 1.54) is 10.9 Å². The van der Waals surface area contributed by atoms with Gasteiger partial charge in [-0.3, -0.25) is 0 Å². The molecule has 0 saturated heterocycles. The number of hydrogen-bond donors (Lipinski definition) is 1. The molecule has 0 aliphatic carbocycles. The summed E-state index contributed by atoms with van der Waals surface area (Å²) in [4.78, 5) is 15.6. The summed E-state index contributed by atoms with van der Waals surface area (Å²) in [6.07, 6.45) is 3.48. The maximum atomic E-state index is 11.6. The fourth-order valence-corrected chi connectivity index (χ4v) is 1.25. The Morgan fingerprint density at radius 2 is 2.27 bits per heavy atom. The van der Waals surface area contributed by atoms with E-state index in [0.29, 0.717) is 5.75 Å². The van der Waals surface area contributed by atoms with Crippen LogP contribution in [0.3, 0.4) is 0 Å². The van der Waals surface area contributed by atoms with Gasteiger partial charge in [-0.25, -0.2) is 14.3 Å². The molecule has 0 amide bonds. The minimum atomic E-state index is -0.481. The van der Waals surface area contributed by atoms with Gasteiger partial charge in [0, 0.05) is 12.6 Å². The van der Waals surface area contributed by atoms with Crippen molar-refractivity contribution in [3.8, 4) is 0 Å². The molecule has 4 nitrogen and oxygen atoms in total. The van der Waals surface area contributed by atoms with Crippen LogP contribution in [0.2, 0.25) is 0 Å². The van der Waals surface area contributed by atoms with Crippen molar-refractivity contribution >= 4 is 18.7 Å². The summed E-state index contributed by atoms with van der Waals surface area (Å²) >= 11 is 4.10. The molecular formula is C10H16N2O2S. The number of thiol groups is 1. The van der Waals surface area contributed by atoms with Gasteiger partial charge in [0.05, 0.1) is 5.69 Å². The Kier molecular flexibility index (Phi) is 3.79. The van der Waals surface area contributed by atoms with E-state index in [9.17, 15) is 4.79 Å². The molecule has 0 saturated carbocycles. The van der Waals surface area contributed by atoms with Crippen molar-refractivity contribution in [3.05, 3.63) is 18.2 Å². The van der Waals surface area contributed by atoms with Crippen molar-refractivity contribution in [3.63, 3.8) is 0 Å². The van der Waals surface area contributed by atoms with E-state index < -0.39 is 11.7 Å². The number of imidazole rings is 1. The molecule has 0 aromatic carbocycles. The van der Waals surface area contributed by atoms with Crippen LogP contribution in [-0.2, 0) is 11.2 Å². The average Bonchev–Trinajstić information content (AvgIpc) is 2.50. The molecule has 0 aliphatic rings. The normalized spacial score (nSPS) is 11.5. The lowest BCUT2D eigenvalue weighted by Crippen LogP contribution is -2.26. The second-order valence-corrected chi connectivity index (χ2v) is 4.67. The molecule has 84 valence electrons. The molecule has 0 radical (unpaired) electrons. The van der Waals surface area contributed by atoms with Gasteiger partial charge < -0.3 is 4.74 Å². The van der Waals surface area contributed by atoms with Crippen LogP contribution in [0.4, 0.5) is 4.79 Å². The first-order valence-corrected chi connectivity index (χ1v) is 5.43. The number of ether oxygens (including phenoxy) is 1. The summed E-state index contributed by atoms with van der Waals surface area (Å²) in [7, 11) is 0. The molecule has 1 aromatic heterocycles. The van der Waals surface area contributed by atoms with E-state index in [1.54, 1.807) is 6.20 Å². The topological polar surface area (TPSA) is 44.1 Å². The highest BCUT2D eigenvalue weighted by Gasteiger charge is 2.17. The van der Waals surface area contributed by atoms with Crippen LogP contribution >= 0.6 is 12.6 Å². The van der Waals surface area contributed by atoms with Crippen LogP contribution in [-0.4, -0.2) is 27.0 Å². The maximum absolute atomic E-state index is 11.6. The third-order valence-electron chi connectivity index (χ3n) is 1.61. The zero-order chi connectivity index (χ0) is 11.5. The molecule has 0 unspecified atom stereocenters. The molecule has 15 heavy (non-hydrogen) atoms. The van der Waals surface area contributed by atoms with Crippen molar-refractivity contribution < 1.29 is 9.53 Å². The molecule has 0 atom stereocenters. The van der Waals surface area contributed by atoms with Crippen LogP contribution in [0.1, 0.15) is 26.5 Å². The maximum Gasteiger partial charge on any atom is 0.419 e. The Labute approximate surface area is 95.1 Å². The molecule has 0 N–H and O–H groups in total. The van der Waals surface area contributed by atoms with Gasteiger partial charge in [0.1, 0.15) is 11.9 Å². The highest BCUT2D eigenvalue weighted by molar-refractivity contribution is 7.80. The zero-order valence-corrected chi connectivity index (χ0v) is 10.1. The Morgan fingerprint density at radius 1 is 1.60 bits per heavy atom. The van der Waals surface area contributed by atoms with Gasteiger partial charge in [-0.2, -0.15) is 12.6 Å². The summed E-state index contributed by atoms with van der Waals surface area (Å²) in [5.41, 5.74) is 0.362. The quantitative estimate of drug-likeness (QED) is 0.789. The molecule has 1 aromatic rings. The van der Waals surface area contributed by atoms with E-state index in [0.717, 1.165) is 12.1 Å². The van der Waals surface area contributed by atoms with Crippen LogP contribution in [0.15, 0.2) is 12.5 Å². The van der Waals surface area contributed by atoms with Gasteiger partial charge in [0.15, 0.2) is 0 Å². The van der Waals surface area contributed by atoms with Crippen molar-refractivity contribution in [1.29, 1.82) is 0 Å². The zero-order valence-electron chi connectivity index (χ0n) is 9.23. The SMILES string of the molecule is CC(C)(C)OC(=O)n1cnc(CCS)c1. The van der Waals surface area contributed by atoms with Gasteiger partial charge in [0.25, 0.3) is 0 Å². The molecule has 5 heteroatoms. The number of carbonyl (C=O) groups excluding carboxylic acids is 1. The summed E-state index contributed by atoms with van der Waals surface area (Å²) < 4.78 is 6.53. The standard InChI is InChI=1S/C10H16N2O2S/c1-10(2,3)14-9(13)12-6-8(4-5-15)11-7-12/h6-7,15H,4-5H2,1-3H3. The molecule has 0 fully saturated rings. The van der Waals surface area contributed by atoms with E-state index >= 15 is 0 Å². The lowest BCUT2D eigenvalue weighted by Gasteiger charge is -2.19. The fraction of sp³-hybridized carbons (Fsp3) is 0.600. The van der Waals surface area contributed by atoms with Gasteiger partial charge in [-0.15, -0.1) is 0 Å². The van der Waals surface area contributed by atoms with E-state index in [4.69, 9.17) is 4.74 Å². The largest absolute Gasteiger partial charge is 0.443 e. The van der Waals surface area contributed by atoms with Crippen molar-refractivity contribution in [2.45, 2.75) is 32.8 Å². The minimum Gasteiger partial charge on any atom is -0.443 e. The second kappa shape index (κ2) is 4.70. The van der Waals surface area contributed by atoms with Gasteiger partial charge >= 0.3 is 6.09 Å². The van der Waals surface area contributed by atoms with Gasteiger partial charge in [-0.05, 0) is 26.5 Å². The Hall–Kier alpha value is -0.970. The van der Waals surface area contributed by atoms with E-state index in [1.807, 2.05) is 20.8 Å². The number of nitrogens with zero attached hydrogens (tertiary/aromatic N) is 2. The Morgan fingerprint density at radius 3 is 2.80 bits per heavy atom. The smallest absolute Gasteiger partial charge is 0.419 e. The Bertz CT molecular complexity index is 341. The predicted octanol–water partition coefficient (Wildman–Crippen LogP) is 2.14.